The number of nitrogens with zero attached hydrogens (tertiary/aromatic N) is 1. The van der Waals surface area contributed by atoms with E-state index < -0.39 is 6.10 Å². The number of anilines is 1. The zero-order valence-corrected chi connectivity index (χ0v) is 12.7. The minimum Gasteiger partial charge on any atom is -0.388 e. The smallest absolute Gasteiger partial charge is 0.231 e. The molecule has 1 aromatic carbocycles. The molecule has 0 aliphatic carbocycles. The first-order chi connectivity index (χ1) is 9.58. The number of aliphatic hydroxyl groups is 1. The summed E-state index contributed by atoms with van der Waals surface area (Å²) in [5.41, 5.74) is 2.98. The fourth-order valence-electron chi connectivity index (χ4n) is 3.15. The molecule has 1 aromatic rings. The van der Waals surface area contributed by atoms with Crippen LogP contribution in [0.4, 0.5) is 5.69 Å². The molecule has 1 unspecified atom stereocenters. The van der Waals surface area contributed by atoms with Gasteiger partial charge in [-0.15, -0.1) is 0 Å². The van der Waals surface area contributed by atoms with Crippen molar-refractivity contribution in [2.75, 3.05) is 11.9 Å². The third kappa shape index (κ3) is 2.88. The number of likely N-dealkylation sites (N-methyl/N-ethyl adjacent to an activating group) is 1. The highest BCUT2D eigenvalue weighted by Crippen LogP contribution is 2.34. The number of aliphatic hydroxyl groups excluding tert-OH is 1. The lowest BCUT2D eigenvalue weighted by molar-refractivity contribution is -0.117. The van der Waals surface area contributed by atoms with Crippen LogP contribution in [0.1, 0.15) is 56.8 Å². The van der Waals surface area contributed by atoms with Gasteiger partial charge in [0.1, 0.15) is 0 Å². The molecule has 1 amide bonds. The van der Waals surface area contributed by atoms with Gasteiger partial charge >= 0.3 is 0 Å². The van der Waals surface area contributed by atoms with Crippen molar-refractivity contribution in [1.82, 2.24) is 0 Å². The summed E-state index contributed by atoms with van der Waals surface area (Å²) in [6, 6.07) is 5.95. The Morgan fingerprint density at radius 3 is 2.50 bits per heavy atom. The van der Waals surface area contributed by atoms with Crippen molar-refractivity contribution in [3.8, 4) is 0 Å². The van der Waals surface area contributed by atoms with Gasteiger partial charge in [0, 0.05) is 12.7 Å². The predicted octanol–water partition coefficient (Wildman–Crippen LogP) is 3.46. The van der Waals surface area contributed by atoms with Gasteiger partial charge in [0.25, 0.3) is 0 Å². The molecule has 0 aromatic heterocycles. The van der Waals surface area contributed by atoms with E-state index in [1.807, 2.05) is 18.2 Å². The summed E-state index contributed by atoms with van der Waals surface area (Å²) < 4.78 is 0. The van der Waals surface area contributed by atoms with Crippen LogP contribution in [0.2, 0.25) is 0 Å². The number of hydrogen-bond donors (Lipinski definition) is 1. The first-order valence-corrected chi connectivity index (χ1v) is 7.65. The molecule has 110 valence electrons. The molecule has 0 bridgehead atoms. The van der Waals surface area contributed by atoms with Crippen molar-refractivity contribution in [3.63, 3.8) is 0 Å². The van der Waals surface area contributed by atoms with Gasteiger partial charge in [0.05, 0.1) is 12.5 Å². The van der Waals surface area contributed by atoms with Gasteiger partial charge in [-0.1, -0.05) is 38.8 Å². The third-order valence-corrected chi connectivity index (χ3v) is 4.29. The van der Waals surface area contributed by atoms with Crippen molar-refractivity contribution in [3.05, 3.63) is 29.3 Å². The topological polar surface area (TPSA) is 40.5 Å². The highest BCUT2D eigenvalue weighted by atomic mass is 16.3. The first kappa shape index (κ1) is 15.0. The molecule has 3 nitrogen and oxygen atoms in total. The van der Waals surface area contributed by atoms with Crippen molar-refractivity contribution in [2.45, 2.75) is 52.1 Å². The molecule has 1 atom stereocenters. The van der Waals surface area contributed by atoms with Crippen LogP contribution in [0.15, 0.2) is 18.2 Å². The SMILES string of the molecule is CCCC(CCC)C(O)c1ccc2c(c1)CC(=O)N2C. The fourth-order valence-corrected chi connectivity index (χ4v) is 3.15. The van der Waals surface area contributed by atoms with E-state index in [0.717, 1.165) is 42.5 Å². The van der Waals surface area contributed by atoms with E-state index in [0.29, 0.717) is 12.3 Å². The van der Waals surface area contributed by atoms with E-state index in [2.05, 4.69) is 13.8 Å². The highest BCUT2D eigenvalue weighted by Gasteiger charge is 2.26. The Balaban J connectivity index is 2.21. The zero-order chi connectivity index (χ0) is 14.7. The molecular formula is C17H25NO2. The lowest BCUT2D eigenvalue weighted by Crippen LogP contribution is -2.20. The van der Waals surface area contributed by atoms with Crippen LogP contribution >= 0.6 is 0 Å². The highest BCUT2D eigenvalue weighted by molar-refractivity contribution is 6.00. The van der Waals surface area contributed by atoms with Gasteiger partial charge in [-0.25, -0.2) is 0 Å². The Labute approximate surface area is 121 Å². The van der Waals surface area contributed by atoms with E-state index in [1.165, 1.54) is 0 Å². The van der Waals surface area contributed by atoms with Crippen LogP contribution in [0, 0.1) is 5.92 Å². The van der Waals surface area contributed by atoms with Crippen molar-refractivity contribution in [2.24, 2.45) is 5.92 Å². The van der Waals surface area contributed by atoms with Crippen molar-refractivity contribution < 1.29 is 9.90 Å². The summed E-state index contributed by atoms with van der Waals surface area (Å²) in [7, 11) is 1.81. The quantitative estimate of drug-likeness (QED) is 0.863. The van der Waals surface area contributed by atoms with Gasteiger partial charge in [-0.3, -0.25) is 4.79 Å². The molecular weight excluding hydrogens is 250 g/mol. The molecule has 3 heteroatoms. The van der Waals surface area contributed by atoms with Crippen LogP contribution in [0.25, 0.3) is 0 Å². The summed E-state index contributed by atoms with van der Waals surface area (Å²) in [6.45, 7) is 4.32. The molecule has 1 aliphatic heterocycles. The summed E-state index contributed by atoms with van der Waals surface area (Å²) >= 11 is 0. The number of hydrogen-bond acceptors (Lipinski definition) is 2. The normalized spacial score (nSPS) is 15.8. The Hall–Kier alpha value is -1.35. The zero-order valence-electron chi connectivity index (χ0n) is 12.7. The molecule has 0 spiro atoms. The standard InChI is InChI=1S/C17H25NO2/c1-4-6-12(7-5-2)17(20)13-8-9-15-14(10-13)11-16(19)18(15)3/h8-10,12,17,20H,4-7,11H2,1-3H3. The Morgan fingerprint density at radius 2 is 1.90 bits per heavy atom. The Kier molecular flexibility index (Phi) is 4.81. The van der Waals surface area contributed by atoms with Gasteiger partial charge in [0.15, 0.2) is 0 Å². The third-order valence-electron chi connectivity index (χ3n) is 4.29. The number of rotatable bonds is 6. The molecule has 1 N–H and O–H groups in total. The van der Waals surface area contributed by atoms with E-state index in [-0.39, 0.29) is 5.91 Å². The predicted molar refractivity (Wildman–Crippen MR) is 81.8 cm³/mol. The first-order valence-electron chi connectivity index (χ1n) is 7.65. The summed E-state index contributed by atoms with van der Waals surface area (Å²) in [5.74, 6) is 0.447. The Bertz CT molecular complexity index is 478. The van der Waals surface area contributed by atoms with Crippen molar-refractivity contribution >= 4 is 11.6 Å². The van der Waals surface area contributed by atoms with Gasteiger partial charge in [-0.2, -0.15) is 0 Å². The second kappa shape index (κ2) is 6.40. The van der Waals surface area contributed by atoms with Crippen LogP contribution in [-0.4, -0.2) is 18.1 Å². The van der Waals surface area contributed by atoms with Crippen LogP contribution < -0.4 is 4.90 Å². The number of carbonyl (C=O) groups excluding carboxylic acids is 1. The minimum absolute atomic E-state index is 0.130. The minimum atomic E-state index is -0.416. The summed E-state index contributed by atoms with van der Waals surface area (Å²) in [5, 5.41) is 10.6. The largest absolute Gasteiger partial charge is 0.388 e. The van der Waals surface area contributed by atoms with E-state index in [9.17, 15) is 9.90 Å². The fraction of sp³-hybridized carbons (Fsp3) is 0.588. The van der Waals surface area contributed by atoms with E-state index >= 15 is 0 Å². The number of carbonyl (C=O) groups is 1. The molecule has 0 fully saturated rings. The molecule has 0 saturated carbocycles. The lowest BCUT2D eigenvalue weighted by Gasteiger charge is -2.23. The lowest BCUT2D eigenvalue weighted by atomic mass is 9.87. The van der Waals surface area contributed by atoms with E-state index in [1.54, 1.807) is 11.9 Å². The second-order valence-electron chi connectivity index (χ2n) is 5.80. The number of fused-ring (bicyclic) bond motifs is 1. The Morgan fingerprint density at radius 1 is 1.25 bits per heavy atom. The van der Waals surface area contributed by atoms with E-state index in [4.69, 9.17) is 0 Å². The number of amides is 1. The molecule has 0 radical (unpaired) electrons. The monoisotopic (exact) mass is 275 g/mol. The van der Waals surface area contributed by atoms with Gasteiger partial charge in [0.2, 0.25) is 5.91 Å². The van der Waals surface area contributed by atoms with Crippen LogP contribution in [-0.2, 0) is 11.2 Å². The maximum Gasteiger partial charge on any atom is 0.231 e. The van der Waals surface area contributed by atoms with Crippen LogP contribution in [0.5, 0.6) is 0 Å². The maximum absolute atomic E-state index is 11.7. The molecule has 20 heavy (non-hydrogen) atoms. The second-order valence-corrected chi connectivity index (χ2v) is 5.80. The number of benzene rings is 1. The van der Waals surface area contributed by atoms with Gasteiger partial charge < -0.3 is 10.0 Å². The van der Waals surface area contributed by atoms with Crippen molar-refractivity contribution in [1.29, 1.82) is 0 Å². The average Bonchev–Trinajstić information content (AvgIpc) is 2.72. The molecule has 1 aliphatic rings. The van der Waals surface area contributed by atoms with Gasteiger partial charge in [-0.05, 0) is 36.0 Å². The van der Waals surface area contributed by atoms with Crippen LogP contribution in [0.3, 0.4) is 0 Å². The average molecular weight is 275 g/mol. The summed E-state index contributed by atoms with van der Waals surface area (Å²) in [4.78, 5) is 13.4. The molecule has 2 rings (SSSR count). The molecule has 0 saturated heterocycles. The maximum atomic E-state index is 11.7. The molecule has 1 heterocycles. The summed E-state index contributed by atoms with van der Waals surface area (Å²) in [6.07, 6.45) is 4.32.